The third-order valence-corrected chi connectivity index (χ3v) is 3.48. The Hall–Kier alpha value is -1.85. The molecule has 1 aliphatic heterocycles. The first kappa shape index (κ1) is 13.6. The molecule has 0 unspecified atom stereocenters. The molecule has 1 fully saturated rings. The van der Waals surface area contributed by atoms with E-state index in [1.54, 1.807) is 24.0 Å². The highest BCUT2D eigenvalue weighted by Gasteiger charge is 2.20. The molecule has 6 nitrogen and oxygen atoms in total. The highest BCUT2D eigenvalue weighted by molar-refractivity contribution is 5.94. The Morgan fingerprint density at radius 3 is 2.68 bits per heavy atom. The average Bonchev–Trinajstić information content (AvgIpc) is 2.83. The van der Waals surface area contributed by atoms with Crippen molar-refractivity contribution in [3.63, 3.8) is 0 Å². The van der Waals surface area contributed by atoms with E-state index >= 15 is 0 Å². The average molecular weight is 264 g/mol. The molecule has 0 radical (unpaired) electrons. The summed E-state index contributed by atoms with van der Waals surface area (Å²) in [5.74, 6) is 0.364. The van der Waals surface area contributed by atoms with Gasteiger partial charge in [0.25, 0.3) is 5.91 Å². The highest BCUT2D eigenvalue weighted by atomic mass is 16.2. The summed E-state index contributed by atoms with van der Waals surface area (Å²) in [5, 5.41) is 6.61. The van der Waals surface area contributed by atoms with E-state index in [9.17, 15) is 9.59 Å². The number of hydrogen-bond donors (Lipinski definition) is 1. The van der Waals surface area contributed by atoms with Crippen LogP contribution in [0.25, 0.3) is 0 Å². The van der Waals surface area contributed by atoms with Crippen LogP contribution in [0.5, 0.6) is 0 Å². The van der Waals surface area contributed by atoms with Crippen molar-refractivity contribution < 1.29 is 9.59 Å². The lowest BCUT2D eigenvalue weighted by Crippen LogP contribution is -2.43. The normalized spacial score (nSPS) is 16.4. The zero-order chi connectivity index (χ0) is 13.8. The van der Waals surface area contributed by atoms with Gasteiger partial charge >= 0.3 is 0 Å². The Morgan fingerprint density at radius 1 is 1.42 bits per heavy atom. The van der Waals surface area contributed by atoms with Crippen molar-refractivity contribution in [1.29, 1.82) is 0 Å². The molecule has 0 saturated carbocycles. The third-order valence-electron chi connectivity index (χ3n) is 3.48. The summed E-state index contributed by atoms with van der Waals surface area (Å²) < 4.78 is 1.56. The van der Waals surface area contributed by atoms with E-state index in [0.29, 0.717) is 11.6 Å². The molecule has 0 spiro atoms. The van der Waals surface area contributed by atoms with Gasteiger partial charge in [0.15, 0.2) is 0 Å². The predicted molar refractivity (Wildman–Crippen MR) is 70.5 cm³/mol. The lowest BCUT2D eigenvalue weighted by Gasteiger charge is -2.30. The molecular formula is C13H20N4O2. The van der Waals surface area contributed by atoms with E-state index in [1.165, 1.54) is 0 Å². The molecule has 104 valence electrons. The van der Waals surface area contributed by atoms with Crippen molar-refractivity contribution in [3.05, 3.63) is 18.0 Å². The van der Waals surface area contributed by atoms with Crippen LogP contribution in [-0.4, -0.2) is 46.1 Å². The second-order valence-electron chi connectivity index (χ2n) is 5.12. The quantitative estimate of drug-likeness (QED) is 0.859. The largest absolute Gasteiger partial charge is 0.342 e. The van der Waals surface area contributed by atoms with Gasteiger partial charge in [0.1, 0.15) is 5.69 Å². The smallest absolute Gasteiger partial charge is 0.272 e. The Labute approximate surface area is 112 Å². The second kappa shape index (κ2) is 5.86. The second-order valence-corrected chi connectivity index (χ2v) is 5.12. The van der Waals surface area contributed by atoms with Crippen molar-refractivity contribution in [1.82, 2.24) is 20.0 Å². The van der Waals surface area contributed by atoms with Gasteiger partial charge in [-0.15, -0.1) is 0 Å². The molecule has 2 amide bonds. The minimum Gasteiger partial charge on any atom is -0.342 e. The molecule has 19 heavy (non-hydrogen) atoms. The molecule has 6 heteroatoms. The fourth-order valence-corrected chi connectivity index (χ4v) is 2.15. The number of rotatable bonds is 3. The number of aryl methyl sites for hydroxylation is 1. The maximum absolute atomic E-state index is 11.9. The summed E-state index contributed by atoms with van der Waals surface area (Å²) in [5.41, 5.74) is 0.336. The summed E-state index contributed by atoms with van der Waals surface area (Å²) in [4.78, 5) is 25.5. The van der Waals surface area contributed by atoms with Gasteiger partial charge in [-0.05, 0) is 24.8 Å². The topological polar surface area (TPSA) is 67.2 Å². The zero-order valence-electron chi connectivity index (χ0n) is 11.4. The van der Waals surface area contributed by atoms with Gasteiger partial charge in [0.05, 0.1) is 6.54 Å². The van der Waals surface area contributed by atoms with Gasteiger partial charge in [-0.1, -0.05) is 6.92 Å². The lowest BCUT2D eigenvalue weighted by atomic mass is 9.99. The minimum atomic E-state index is -0.306. The molecule has 1 aliphatic rings. The predicted octanol–water partition coefficient (Wildman–Crippen LogP) is 0.408. The molecule has 0 bridgehead atoms. The number of likely N-dealkylation sites (tertiary alicyclic amines) is 1. The SMILES string of the molecule is CC1CCN(C(=O)CNC(=O)c2ccn(C)n2)CC1. The van der Waals surface area contributed by atoms with E-state index in [2.05, 4.69) is 17.3 Å². The van der Waals surface area contributed by atoms with Gasteiger partial charge in [-0.2, -0.15) is 5.10 Å². The Balaban J connectivity index is 1.79. The zero-order valence-corrected chi connectivity index (χ0v) is 11.4. The van der Waals surface area contributed by atoms with Crippen LogP contribution in [0.2, 0.25) is 0 Å². The fourth-order valence-electron chi connectivity index (χ4n) is 2.15. The van der Waals surface area contributed by atoms with Gasteiger partial charge in [0.2, 0.25) is 5.91 Å². The van der Waals surface area contributed by atoms with Crippen molar-refractivity contribution in [2.24, 2.45) is 13.0 Å². The first-order chi connectivity index (χ1) is 9.06. The molecule has 1 aromatic rings. The van der Waals surface area contributed by atoms with E-state index in [0.717, 1.165) is 25.9 Å². The number of aromatic nitrogens is 2. The molecule has 1 aromatic heterocycles. The standard InChI is InChI=1S/C13H20N4O2/c1-10-3-7-17(8-4-10)12(18)9-14-13(19)11-5-6-16(2)15-11/h5-6,10H,3-4,7-9H2,1-2H3,(H,14,19). The first-order valence-electron chi connectivity index (χ1n) is 6.62. The van der Waals surface area contributed by atoms with E-state index in [4.69, 9.17) is 0 Å². The van der Waals surface area contributed by atoms with Crippen LogP contribution in [0, 0.1) is 5.92 Å². The van der Waals surface area contributed by atoms with Crippen LogP contribution in [0.1, 0.15) is 30.3 Å². The fraction of sp³-hybridized carbons (Fsp3) is 0.615. The molecule has 0 aliphatic carbocycles. The van der Waals surface area contributed by atoms with Gasteiger partial charge < -0.3 is 10.2 Å². The van der Waals surface area contributed by atoms with E-state index in [1.807, 2.05) is 4.90 Å². The van der Waals surface area contributed by atoms with Crippen molar-refractivity contribution >= 4 is 11.8 Å². The number of amides is 2. The van der Waals surface area contributed by atoms with Crippen LogP contribution >= 0.6 is 0 Å². The van der Waals surface area contributed by atoms with Crippen LogP contribution in [0.15, 0.2) is 12.3 Å². The van der Waals surface area contributed by atoms with Gasteiger partial charge in [-0.3, -0.25) is 14.3 Å². The molecule has 1 N–H and O–H groups in total. The molecule has 1 saturated heterocycles. The number of carbonyl (C=O) groups excluding carboxylic acids is 2. The molecule has 0 aromatic carbocycles. The van der Waals surface area contributed by atoms with E-state index in [-0.39, 0.29) is 18.4 Å². The van der Waals surface area contributed by atoms with Crippen molar-refractivity contribution in [2.75, 3.05) is 19.6 Å². The summed E-state index contributed by atoms with van der Waals surface area (Å²) in [6.45, 7) is 3.83. The Kier molecular flexibility index (Phi) is 4.19. The molecule has 2 heterocycles. The Morgan fingerprint density at radius 2 is 2.11 bits per heavy atom. The summed E-state index contributed by atoms with van der Waals surface area (Å²) >= 11 is 0. The number of carbonyl (C=O) groups is 2. The lowest BCUT2D eigenvalue weighted by molar-refractivity contribution is -0.131. The first-order valence-corrected chi connectivity index (χ1v) is 6.62. The number of hydrogen-bond acceptors (Lipinski definition) is 3. The maximum Gasteiger partial charge on any atom is 0.272 e. The summed E-state index contributed by atoms with van der Waals surface area (Å²) in [6, 6.07) is 1.63. The molecule has 2 rings (SSSR count). The van der Waals surface area contributed by atoms with Crippen LogP contribution in [0.4, 0.5) is 0 Å². The Bertz CT molecular complexity index is 461. The maximum atomic E-state index is 11.9. The van der Waals surface area contributed by atoms with Crippen LogP contribution in [-0.2, 0) is 11.8 Å². The monoisotopic (exact) mass is 264 g/mol. The molecule has 0 atom stereocenters. The summed E-state index contributed by atoms with van der Waals surface area (Å²) in [7, 11) is 1.75. The van der Waals surface area contributed by atoms with Crippen molar-refractivity contribution in [3.8, 4) is 0 Å². The number of nitrogens with one attached hydrogen (secondary N) is 1. The van der Waals surface area contributed by atoms with Crippen LogP contribution in [0.3, 0.4) is 0 Å². The van der Waals surface area contributed by atoms with Crippen LogP contribution < -0.4 is 5.32 Å². The third kappa shape index (κ3) is 3.56. The number of nitrogens with zero attached hydrogens (tertiary/aromatic N) is 3. The van der Waals surface area contributed by atoms with Gasteiger partial charge in [0, 0.05) is 26.3 Å². The highest BCUT2D eigenvalue weighted by Crippen LogP contribution is 2.15. The molecular weight excluding hydrogens is 244 g/mol. The summed E-state index contributed by atoms with van der Waals surface area (Å²) in [6.07, 6.45) is 3.78. The minimum absolute atomic E-state index is 0.0174. The van der Waals surface area contributed by atoms with E-state index < -0.39 is 0 Å². The van der Waals surface area contributed by atoms with Gasteiger partial charge in [-0.25, -0.2) is 0 Å². The van der Waals surface area contributed by atoms with Crippen molar-refractivity contribution in [2.45, 2.75) is 19.8 Å². The number of piperidine rings is 1.